The Kier molecular flexibility index (Phi) is 4.39. The maximum Gasteiger partial charge on any atom is 0.261 e. The molecular weight excluding hydrogens is 286 g/mol. The predicted octanol–water partition coefficient (Wildman–Crippen LogP) is 3.80. The van der Waals surface area contributed by atoms with E-state index in [2.05, 4.69) is 5.32 Å². The summed E-state index contributed by atoms with van der Waals surface area (Å²) in [4.78, 5) is 12.4. The normalized spacial score (nSPS) is 28.4. The molecule has 2 aliphatic rings. The van der Waals surface area contributed by atoms with Gasteiger partial charge in [0.1, 0.15) is 5.75 Å². The molecule has 1 aromatic rings. The van der Waals surface area contributed by atoms with Crippen molar-refractivity contribution in [2.24, 2.45) is 11.8 Å². The van der Waals surface area contributed by atoms with Crippen LogP contribution in [0.1, 0.15) is 39.0 Å². The molecule has 0 unspecified atom stereocenters. The van der Waals surface area contributed by atoms with Gasteiger partial charge in [0.2, 0.25) is 0 Å². The Morgan fingerprint density at radius 2 is 2.19 bits per heavy atom. The van der Waals surface area contributed by atoms with Crippen LogP contribution in [0.3, 0.4) is 0 Å². The van der Waals surface area contributed by atoms with Gasteiger partial charge in [-0.15, -0.1) is 0 Å². The molecule has 2 bridgehead atoms. The zero-order valence-electron chi connectivity index (χ0n) is 12.3. The third kappa shape index (κ3) is 3.18. The van der Waals surface area contributed by atoms with E-state index in [0.29, 0.717) is 29.2 Å². The molecule has 0 heterocycles. The summed E-state index contributed by atoms with van der Waals surface area (Å²) in [5.41, 5.74) is 0. The average molecular weight is 308 g/mol. The van der Waals surface area contributed by atoms with E-state index in [1.165, 1.54) is 19.3 Å². The van der Waals surface area contributed by atoms with Crippen LogP contribution in [0.4, 0.5) is 0 Å². The highest BCUT2D eigenvalue weighted by Gasteiger charge is 2.40. The molecular formula is C17H22ClNO2. The second kappa shape index (κ2) is 6.27. The summed E-state index contributed by atoms with van der Waals surface area (Å²) in [6, 6.07) is 7.64. The van der Waals surface area contributed by atoms with Crippen molar-refractivity contribution in [1.29, 1.82) is 0 Å². The van der Waals surface area contributed by atoms with Crippen molar-refractivity contribution in [2.75, 3.05) is 0 Å². The number of nitrogens with one attached hydrogen (secondary N) is 1. The van der Waals surface area contributed by atoms with Gasteiger partial charge in [0.15, 0.2) is 6.10 Å². The number of ether oxygens (including phenoxy) is 1. The van der Waals surface area contributed by atoms with Gasteiger partial charge in [0.05, 0.1) is 5.02 Å². The van der Waals surface area contributed by atoms with E-state index in [0.717, 1.165) is 12.3 Å². The van der Waals surface area contributed by atoms with E-state index in [1.807, 2.05) is 19.1 Å². The minimum atomic E-state index is -0.468. The summed E-state index contributed by atoms with van der Waals surface area (Å²) in [6.45, 7) is 1.96. The van der Waals surface area contributed by atoms with Gasteiger partial charge in [-0.3, -0.25) is 4.79 Å². The van der Waals surface area contributed by atoms with Crippen molar-refractivity contribution in [3.8, 4) is 5.75 Å². The van der Waals surface area contributed by atoms with Gasteiger partial charge in [-0.25, -0.2) is 0 Å². The number of para-hydroxylation sites is 1. The number of benzene rings is 1. The van der Waals surface area contributed by atoms with Crippen LogP contribution in [0.25, 0.3) is 0 Å². The monoisotopic (exact) mass is 307 g/mol. The first-order chi connectivity index (χ1) is 10.2. The molecule has 1 amide bonds. The van der Waals surface area contributed by atoms with Crippen LogP contribution < -0.4 is 10.1 Å². The lowest BCUT2D eigenvalue weighted by atomic mass is 9.95. The Morgan fingerprint density at radius 3 is 2.81 bits per heavy atom. The van der Waals surface area contributed by atoms with E-state index in [4.69, 9.17) is 16.3 Å². The molecule has 2 fully saturated rings. The van der Waals surface area contributed by atoms with Gasteiger partial charge in [-0.2, -0.15) is 0 Å². The third-order valence-electron chi connectivity index (χ3n) is 4.83. The van der Waals surface area contributed by atoms with Crippen LogP contribution in [0.5, 0.6) is 5.75 Å². The molecule has 1 aromatic carbocycles. The number of carbonyl (C=O) groups is 1. The van der Waals surface area contributed by atoms with Crippen LogP contribution in [0.15, 0.2) is 24.3 Å². The first-order valence-corrected chi connectivity index (χ1v) is 8.26. The van der Waals surface area contributed by atoms with Crippen molar-refractivity contribution >= 4 is 17.5 Å². The van der Waals surface area contributed by atoms with Gasteiger partial charge >= 0.3 is 0 Å². The second-order valence-corrected chi connectivity index (χ2v) is 6.64. The van der Waals surface area contributed by atoms with Gasteiger partial charge < -0.3 is 10.1 Å². The summed E-state index contributed by atoms with van der Waals surface area (Å²) < 4.78 is 5.80. The predicted molar refractivity (Wildman–Crippen MR) is 83.5 cm³/mol. The zero-order chi connectivity index (χ0) is 14.8. The fraction of sp³-hybridized carbons (Fsp3) is 0.588. The highest BCUT2D eigenvalue weighted by molar-refractivity contribution is 6.32. The van der Waals surface area contributed by atoms with E-state index in [-0.39, 0.29) is 5.91 Å². The van der Waals surface area contributed by atoms with Crippen LogP contribution in [0.2, 0.25) is 5.02 Å². The van der Waals surface area contributed by atoms with E-state index < -0.39 is 6.10 Å². The van der Waals surface area contributed by atoms with E-state index in [9.17, 15) is 4.79 Å². The third-order valence-corrected chi connectivity index (χ3v) is 5.15. The topological polar surface area (TPSA) is 38.3 Å². The molecule has 114 valence electrons. The van der Waals surface area contributed by atoms with Gasteiger partial charge in [-0.1, -0.05) is 37.1 Å². The molecule has 3 nitrogen and oxygen atoms in total. The first-order valence-electron chi connectivity index (χ1n) is 7.89. The van der Waals surface area contributed by atoms with Crippen molar-refractivity contribution in [2.45, 2.75) is 51.2 Å². The fourth-order valence-electron chi connectivity index (χ4n) is 3.71. The maximum atomic E-state index is 12.4. The van der Waals surface area contributed by atoms with E-state index >= 15 is 0 Å². The fourth-order valence-corrected chi connectivity index (χ4v) is 3.89. The van der Waals surface area contributed by atoms with Gasteiger partial charge in [0, 0.05) is 6.04 Å². The van der Waals surface area contributed by atoms with Gasteiger partial charge in [-0.05, 0) is 49.7 Å². The minimum absolute atomic E-state index is 0.00466. The Hall–Kier alpha value is -1.22. The number of amides is 1. The van der Waals surface area contributed by atoms with E-state index in [1.54, 1.807) is 12.1 Å². The second-order valence-electron chi connectivity index (χ2n) is 6.24. The number of rotatable bonds is 5. The number of hydrogen-bond acceptors (Lipinski definition) is 2. The lowest BCUT2D eigenvalue weighted by Gasteiger charge is -2.25. The Bertz CT molecular complexity index is 519. The molecule has 2 aliphatic carbocycles. The van der Waals surface area contributed by atoms with Crippen molar-refractivity contribution in [3.05, 3.63) is 29.3 Å². The molecule has 0 aliphatic heterocycles. The molecule has 0 spiro atoms. The van der Waals surface area contributed by atoms with Crippen LogP contribution >= 0.6 is 11.6 Å². The zero-order valence-corrected chi connectivity index (χ0v) is 13.1. The first kappa shape index (κ1) is 14.7. The molecule has 4 atom stereocenters. The summed E-state index contributed by atoms with van der Waals surface area (Å²) in [5, 5.41) is 3.74. The van der Waals surface area contributed by atoms with Crippen molar-refractivity contribution in [1.82, 2.24) is 5.32 Å². The molecule has 0 aromatic heterocycles. The Labute approximate surface area is 131 Å². The molecule has 4 heteroatoms. The molecule has 0 saturated heterocycles. The van der Waals surface area contributed by atoms with Crippen LogP contribution in [-0.2, 0) is 4.79 Å². The van der Waals surface area contributed by atoms with Crippen LogP contribution in [-0.4, -0.2) is 18.1 Å². The van der Waals surface area contributed by atoms with Crippen molar-refractivity contribution in [3.63, 3.8) is 0 Å². The lowest BCUT2D eigenvalue weighted by molar-refractivity contribution is -0.129. The van der Waals surface area contributed by atoms with Crippen molar-refractivity contribution < 1.29 is 9.53 Å². The summed E-state index contributed by atoms with van der Waals surface area (Å²) in [6.07, 6.45) is 5.19. The quantitative estimate of drug-likeness (QED) is 0.898. The van der Waals surface area contributed by atoms with Crippen LogP contribution in [0, 0.1) is 11.8 Å². The largest absolute Gasteiger partial charge is 0.479 e. The number of fused-ring (bicyclic) bond motifs is 2. The highest BCUT2D eigenvalue weighted by atomic mass is 35.5. The minimum Gasteiger partial charge on any atom is -0.479 e. The number of carbonyl (C=O) groups excluding carboxylic acids is 1. The number of halogens is 1. The Morgan fingerprint density at radius 1 is 1.38 bits per heavy atom. The molecule has 0 radical (unpaired) electrons. The SMILES string of the molecule is CC[C@@H](Oc1ccccc1Cl)C(=O)N[C@@H]1C[C@@H]2CC[C@@H]1C2. The summed E-state index contributed by atoms with van der Waals surface area (Å²) in [7, 11) is 0. The summed E-state index contributed by atoms with van der Waals surface area (Å²) >= 11 is 6.09. The molecule has 1 N–H and O–H groups in total. The Balaban J connectivity index is 1.60. The maximum absolute atomic E-state index is 12.4. The molecule has 2 saturated carbocycles. The average Bonchev–Trinajstić information content (AvgIpc) is 3.09. The summed E-state index contributed by atoms with van der Waals surface area (Å²) in [5.74, 6) is 2.07. The standard InChI is InChI=1S/C17H22ClNO2/c1-2-15(21-16-6-4-3-5-13(16)18)17(20)19-14-10-11-7-8-12(14)9-11/h3-6,11-12,14-15H,2,7-10H2,1H3,(H,19,20)/t11-,12-,14-,15-/m1/s1. The molecule has 21 heavy (non-hydrogen) atoms. The highest BCUT2D eigenvalue weighted by Crippen LogP contribution is 2.44. The van der Waals surface area contributed by atoms with Gasteiger partial charge in [0.25, 0.3) is 5.91 Å². The smallest absolute Gasteiger partial charge is 0.261 e. The number of hydrogen-bond donors (Lipinski definition) is 1. The lowest BCUT2D eigenvalue weighted by Crippen LogP contribution is -2.45. The molecule has 3 rings (SSSR count).